The zero-order valence-electron chi connectivity index (χ0n) is 12.1. The number of halogens is 2. The number of amides is 1. The molecule has 3 heterocycles. The molecule has 120 valence electrons. The molecule has 5 nitrogen and oxygen atoms in total. The van der Waals surface area contributed by atoms with Crippen molar-refractivity contribution in [3.05, 3.63) is 35.6 Å². The summed E-state index contributed by atoms with van der Waals surface area (Å²) in [7, 11) is 1.87. The Bertz CT molecular complexity index is 602. The summed E-state index contributed by atoms with van der Waals surface area (Å²) < 4.78 is 0. The van der Waals surface area contributed by atoms with Gasteiger partial charge >= 0.3 is 0 Å². The van der Waals surface area contributed by atoms with E-state index in [-0.39, 0.29) is 36.8 Å². The molecule has 1 saturated heterocycles. The van der Waals surface area contributed by atoms with Crippen LogP contribution in [-0.2, 0) is 0 Å². The van der Waals surface area contributed by atoms with Crippen molar-refractivity contribution in [1.29, 1.82) is 0 Å². The Morgan fingerprint density at radius 1 is 1.36 bits per heavy atom. The van der Waals surface area contributed by atoms with Crippen molar-refractivity contribution < 1.29 is 4.79 Å². The second-order valence-electron chi connectivity index (χ2n) is 4.83. The van der Waals surface area contributed by atoms with Crippen LogP contribution in [0.3, 0.4) is 0 Å². The summed E-state index contributed by atoms with van der Waals surface area (Å²) in [4.78, 5) is 23.3. The van der Waals surface area contributed by atoms with Crippen molar-refractivity contribution in [3.8, 4) is 10.6 Å². The number of carbonyl (C=O) groups is 1. The fraction of sp³-hybridized carbons (Fsp3) is 0.357. The van der Waals surface area contributed by atoms with Gasteiger partial charge in [-0.1, -0.05) is 0 Å². The van der Waals surface area contributed by atoms with E-state index in [2.05, 4.69) is 15.3 Å². The van der Waals surface area contributed by atoms with E-state index in [1.807, 2.05) is 24.1 Å². The number of nitrogens with one attached hydrogen (secondary N) is 1. The molecule has 0 spiro atoms. The number of pyridine rings is 1. The van der Waals surface area contributed by atoms with Gasteiger partial charge in [0.15, 0.2) is 0 Å². The molecule has 8 heteroatoms. The lowest BCUT2D eigenvalue weighted by Gasteiger charge is -2.22. The van der Waals surface area contributed by atoms with Gasteiger partial charge in [-0.25, -0.2) is 4.98 Å². The maximum Gasteiger partial charge on any atom is 0.265 e. The summed E-state index contributed by atoms with van der Waals surface area (Å²) in [6.45, 7) is 1.85. The van der Waals surface area contributed by atoms with E-state index in [1.54, 1.807) is 18.6 Å². The standard InChI is InChI=1S/C14H16N4OS.2ClH/c1-18(11-4-7-16-8-11)14(19)12-9-17-13(20-12)10-2-5-15-6-3-10;;/h2-3,5-6,9,11,16H,4,7-8H2,1H3;2*1H. The minimum Gasteiger partial charge on any atom is -0.337 e. The third-order valence-electron chi connectivity index (χ3n) is 3.55. The number of aromatic nitrogens is 2. The van der Waals surface area contributed by atoms with Gasteiger partial charge in [-0.3, -0.25) is 9.78 Å². The third-order valence-corrected chi connectivity index (χ3v) is 4.58. The molecule has 1 aliphatic rings. The van der Waals surface area contributed by atoms with E-state index < -0.39 is 0 Å². The predicted octanol–water partition coefficient (Wildman–Crippen LogP) is 2.48. The average Bonchev–Trinajstić information content (AvgIpc) is 3.18. The maximum absolute atomic E-state index is 12.4. The van der Waals surface area contributed by atoms with Crippen LogP contribution in [-0.4, -0.2) is 47.0 Å². The highest BCUT2D eigenvalue weighted by molar-refractivity contribution is 7.16. The van der Waals surface area contributed by atoms with E-state index >= 15 is 0 Å². The van der Waals surface area contributed by atoms with Gasteiger partial charge in [0.05, 0.1) is 6.20 Å². The predicted molar refractivity (Wildman–Crippen MR) is 93.2 cm³/mol. The summed E-state index contributed by atoms with van der Waals surface area (Å²) in [6.07, 6.45) is 6.14. The van der Waals surface area contributed by atoms with Gasteiger partial charge in [-0.05, 0) is 25.1 Å². The molecule has 0 radical (unpaired) electrons. The SMILES string of the molecule is CN(C(=O)c1cnc(-c2ccncc2)s1)C1CCNC1.Cl.Cl. The summed E-state index contributed by atoms with van der Waals surface area (Å²) in [5, 5.41) is 4.13. The number of rotatable bonds is 3. The Balaban J connectivity index is 0.00000121. The van der Waals surface area contributed by atoms with Crippen molar-refractivity contribution in [2.45, 2.75) is 12.5 Å². The number of carbonyl (C=O) groups excluding carboxylic acids is 1. The Morgan fingerprint density at radius 3 is 2.73 bits per heavy atom. The monoisotopic (exact) mass is 360 g/mol. The number of hydrogen-bond acceptors (Lipinski definition) is 5. The molecule has 0 aromatic carbocycles. The van der Waals surface area contributed by atoms with Crippen LogP contribution < -0.4 is 5.32 Å². The fourth-order valence-electron chi connectivity index (χ4n) is 2.31. The minimum absolute atomic E-state index is 0. The van der Waals surface area contributed by atoms with Crippen LogP contribution in [0.5, 0.6) is 0 Å². The van der Waals surface area contributed by atoms with Crippen molar-refractivity contribution in [2.75, 3.05) is 20.1 Å². The van der Waals surface area contributed by atoms with Crippen molar-refractivity contribution in [2.24, 2.45) is 0 Å². The lowest BCUT2D eigenvalue weighted by atomic mass is 10.2. The van der Waals surface area contributed by atoms with E-state index in [0.29, 0.717) is 4.88 Å². The lowest BCUT2D eigenvalue weighted by molar-refractivity contribution is 0.0748. The van der Waals surface area contributed by atoms with Crippen LogP contribution >= 0.6 is 36.2 Å². The van der Waals surface area contributed by atoms with Gasteiger partial charge in [0, 0.05) is 37.6 Å². The first kappa shape index (κ1) is 18.8. The Labute approximate surface area is 146 Å². The normalized spacial score (nSPS) is 16.5. The molecule has 2 aromatic heterocycles. The number of nitrogens with zero attached hydrogens (tertiary/aromatic N) is 3. The topological polar surface area (TPSA) is 58.1 Å². The van der Waals surface area contributed by atoms with Gasteiger partial charge in [-0.2, -0.15) is 0 Å². The Kier molecular flexibility index (Phi) is 7.22. The highest BCUT2D eigenvalue weighted by atomic mass is 35.5. The first-order valence-electron chi connectivity index (χ1n) is 6.60. The van der Waals surface area contributed by atoms with Crippen LogP contribution in [0.1, 0.15) is 16.1 Å². The molecule has 1 fully saturated rings. The maximum atomic E-state index is 12.4. The molecule has 22 heavy (non-hydrogen) atoms. The first-order valence-corrected chi connectivity index (χ1v) is 7.41. The van der Waals surface area contributed by atoms with Crippen LogP contribution in [0.25, 0.3) is 10.6 Å². The lowest BCUT2D eigenvalue weighted by Crippen LogP contribution is -2.37. The van der Waals surface area contributed by atoms with Crippen LogP contribution in [0.4, 0.5) is 0 Å². The molecule has 1 amide bonds. The van der Waals surface area contributed by atoms with Crippen LogP contribution in [0, 0.1) is 0 Å². The molecule has 1 aliphatic heterocycles. The van der Waals surface area contributed by atoms with E-state index in [9.17, 15) is 4.79 Å². The van der Waals surface area contributed by atoms with Gasteiger partial charge in [0.2, 0.25) is 0 Å². The van der Waals surface area contributed by atoms with E-state index in [0.717, 1.165) is 30.1 Å². The molecule has 1 unspecified atom stereocenters. The largest absolute Gasteiger partial charge is 0.337 e. The average molecular weight is 361 g/mol. The van der Waals surface area contributed by atoms with Crippen molar-refractivity contribution in [3.63, 3.8) is 0 Å². The molecule has 0 saturated carbocycles. The van der Waals surface area contributed by atoms with Crippen LogP contribution in [0.15, 0.2) is 30.7 Å². The van der Waals surface area contributed by atoms with Crippen molar-refractivity contribution in [1.82, 2.24) is 20.2 Å². The van der Waals surface area contributed by atoms with Gasteiger partial charge in [-0.15, -0.1) is 36.2 Å². The van der Waals surface area contributed by atoms with E-state index in [4.69, 9.17) is 0 Å². The molecular weight excluding hydrogens is 343 g/mol. The van der Waals surface area contributed by atoms with Crippen LogP contribution in [0.2, 0.25) is 0 Å². The molecule has 1 atom stereocenters. The molecule has 2 aromatic rings. The summed E-state index contributed by atoms with van der Waals surface area (Å²) >= 11 is 1.43. The van der Waals surface area contributed by atoms with Gasteiger partial charge in [0.1, 0.15) is 9.88 Å². The highest BCUT2D eigenvalue weighted by Crippen LogP contribution is 2.25. The quantitative estimate of drug-likeness (QED) is 0.913. The first-order chi connectivity index (χ1) is 9.75. The second-order valence-corrected chi connectivity index (χ2v) is 5.86. The molecule has 0 aliphatic carbocycles. The zero-order chi connectivity index (χ0) is 13.9. The summed E-state index contributed by atoms with van der Waals surface area (Å²) in [5.41, 5.74) is 0.995. The van der Waals surface area contributed by atoms with Crippen molar-refractivity contribution >= 4 is 42.1 Å². The molecule has 0 bridgehead atoms. The van der Waals surface area contributed by atoms with Gasteiger partial charge < -0.3 is 10.2 Å². The summed E-state index contributed by atoms with van der Waals surface area (Å²) in [5.74, 6) is 0.0523. The number of thiazole rings is 1. The Morgan fingerprint density at radius 2 is 2.09 bits per heavy atom. The number of hydrogen-bond donors (Lipinski definition) is 1. The minimum atomic E-state index is 0. The zero-order valence-corrected chi connectivity index (χ0v) is 14.5. The molecule has 1 N–H and O–H groups in total. The molecule has 3 rings (SSSR count). The highest BCUT2D eigenvalue weighted by Gasteiger charge is 2.25. The summed E-state index contributed by atoms with van der Waals surface area (Å²) in [6, 6.07) is 4.09. The van der Waals surface area contributed by atoms with Gasteiger partial charge in [0.25, 0.3) is 5.91 Å². The van der Waals surface area contributed by atoms with E-state index in [1.165, 1.54) is 11.3 Å². The smallest absolute Gasteiger partial charge is 0.265 e. The number of likely N-dealkylation sites (N-methyl/N-ethyl adjacent to an activating group) is 1. The molecular formula is C14H18Cl2N4OS. The fourth-order valence-corrected chi connectivity index (χ4v) is 3.21. The second kappa shape index (κ2) is 8.43. The third kappa shape index (κ3) is 3.95. The Hall–Kier alpha value is -1.21.